The lowest BCUT2D eigenvalue weighted by Gasteiger charge is -2.23. The molecule has 1 unspecified atom stereocenters. The van der Waals surface area contributed by atoms with Gasteiger partial charge < -0.3 is 19.0 Å². The number of amides is 1. The number of rotatable bonds is 7. The smallest absolute Gasteiger partial charge is 0.301 e. The lowest BCUT2D eigenvalue weighted by atomic mass is 9.96. The van der Waals surface area contributed by atoms with Crippen molar-refractivity contribution in [1.82, 2.24) is 14.4 Å². The molecule has 0 aliphatic carbocycles. The highest BCUT2D eigenvalue weighted by atomic mass is 32.1. The van der Waals surface area contributed by atoms with Crippen LogP contribution in [-0.2, 0) is 16.2 Å². The Labute approximate surface area is 275 Å². The summed E-state index contributed by atoms with van der Waals surface area (Å²) in [5.74, 6) is -1.05. The van der Waals surface area contributed by atoms with Crippen LogP contribution in [-0.4, -0.2) is 38.3 Å². The number of Topliss-reactive ketones (excluding diaryl/α,β-unsaturated/α-hetero) is 1. The lowest BCUT2D eigenvalue weighted by molar-refractivity contribution is -0.132. The van der Waals surface area contributed by atoms with Gasteiger partial charge in [-0.2, -0.15) is 0 Å². The van der Waals surface area contributed by atoms with E-state index in [-0.39, 0.29) is 17.0 Å². The van der Waals surface area contributed by atoms with E-state index >= 15 is 0 Å². The van der Waals surface area contributed by atoms with Gasteiger partial charge in [-0.3, -0.25) is 14.5 Å². The molecule has 3 aromatic carbocycles. The van der Waals surface area contributed by atoms with Crippen molar-refractivity contribution in [2.24, 2.45) is 0 Å². The van der Waals surface area contributed by atoms with Gasteiger partial charge in [-0.1, -0.05) is 59.9 Å². The Balaban J connectivity index is 1.40. The number of aromatic nitrogens is 3. The van der Waals surface area contributed by atoms with E-state index in [9.17, 15) is 14.7 Å². The van der Waals surface area contributed by atoms with Crippen LogP contribution in [0.15, 0.2) is 84.6 Å². The summed E-state index contributed by atoms with van der Waals surface area (Å²) in [7, 11) is 1.53. The van der Waals surface area contributed by atoms with Crippen molar-refractivity contribution >= 4 is 49.8 Å². The van der Waals surface area contributed by atoms with Gasteiger partial charge in [0.15, 0.2) is 22.4 Å². The minimum atomic E-state index is -1.01. The summed E-state index contributed by atoms with van der Waals surface area (Å²) >= 11 is 1.33. The average molecular weight is 645 g/mol. The van der Waals surface area contributed by atoms with Gasteiger partial charge >= 0.3 is 5.91 Å². The maximum Gasteiger partial charge on any atom is 0.301 e. The van der Waals surface area contributed by atoms with Crippen LogP contribution in [0, 0.1) is 27.7 Å². The van der Waals surface area contributed by atoms with Gasteiger partial charge in [-0.05, 0) is 79.8 Å². The Bertz CT molecular complexity index is 2250. The summed E-state index contributed by atoms with van der Waals surface area (Å²) in [4.78, 5) is 38.9. The number of carbonyl (C=O) groups excluding carboxylic acids is 2. The van der Waals surface area contributed by atoms with Gasteiger partial charge in [0.05, 0.1) is 34.6 Å². The molecule has 1 fully saturated rings. The zero-order chi connectivity index (χ0) is 33.0. The fourth-order valence-electron chi connectivity index (χ4n) is 6.19. The van der Waals surface area contributed by atoms with E-state index in [0.29, 0.717) is 40.1 Å². The topological polar surface area (TPSA) is 106 Å². The molecule has 236 valence electrons. The molecular weight excluding hydrogens is 612 g/mol. The highest BCUT2D eigenvalue weighted by molar-refractivity contribution is 7.22. The van der Waals surface area contributed by atoms with Crippen LogP contribution in [0.25, 0.3) is 21.6 Å². The number of ether oxygens (including phenoxy) is 2. The number of hydrogen-bond donors (Lipinski definition) is 1. The number of ketones is 1. The van der Waals surface area contributed by atoms with Gasteiger partial charge in [0.1, 0.15) is 17.9 Å². The number of hydrogen-bond acceptors (Lipinski definition) is 8. The number of aliphatic hydroxyl groups is 1. The molecule has 4 heterocycles. The van der Waals surface area contributed by atoms with Crippen LogP contribution in [0.2, 0.25) is 0 Å². The molecule has 1 aliphatic heterocycles. The fraction of sp³-hybridized carbons (Fsp3) is 0.189. The van der Waals surface area contributed by atoms with E-state index in [1.54, 1.807) is 18.2 Å². The molecular formula is C37H32N4O5S. The van der Waals surface area contributed by atoms with E-state index < -0.39 is 17.7 Å². The highest BCUT2D eigenvalue weighted by Gasteiger charge is 2.49. The van der Waals surface area contributed by atoms with Crippen molar-refractivity contribution in [2.45, 2.75) is 40.3 Å². The number of pyridine rings is 1. The molecule has 3 aromatic heterocycles. The monoisotopic (exact) mass is 644 g/mol. The third-order valence-electron chi connectivity index (χ3n) is 8.52. The zero-order valence-electron chi connectivity index (χ0n) is 26.6. The van der Waals surface area contributed by atoms with Crippen molar-refractivity contribution in [2.75, 3.05) is 12.0 Å². The first kappa shape index (κ1) is 30.2. The fourth-order valence-corrected chi connectivity index (χ4v) is 7.36. The molecule has 7 rings (SSSR count). The first-order chi connectivity index (χ1) is 22.7. The molecule has 10 heteroatoms. The molecule has 0 radical (unpaired) electrons. The molecule has 9 nitrogen and oxygen atoms in total. The Kier molecular flexibility index (Phi) is 7.52. The predicted molar refractivity (Wildman–Crippen MR) is 182 cm³/mol. The summed E-state index contributed by atoms with van der Waals surface area (Å²) in [6.07, 6.45) is 1.85. The van der Waals surface area contributed by atoms with E-state index in [4.69, 9.17) is 19.4 Å². The third-order valence-corrected chi connectivity index (χ3v) is 9.52. The predicted octanol–water partition coefficient (Wildman–Crippen LogP) is 7.39. The number of fused-ring (bicyclic) bond motifs is 2. The van der Waals surface area contributed by atoms with E-state index in [0.717, 1.165) is 32.5 Å². The summed E-state index contributed by atoms with van der Waals surface area (Å²) in [5.41, 5.74) is 6.67. The number of nitrogens with zero attached hydrogens (tertiary/aromatic N) is 4. The van der Waals surface area contributed by atoms with Crippen LogP contribution in [0.5, 0.6) is 11.5 Å². The standard InChI is InChI=1S/C37H32N4O5S/c1-20-16-22(3)30-28(17-20)47-37(39-30)41-32(25-13-14-26(27(18-25)45-5)46-19-24-11-7-6-8-12-24)29(34(43)36(41)44)33(42)31-23(4)40-15-9-10-21(2)35(40)38-31/h6-18,32,42H,19H2,1-5H3. The average Bonchev–Trinajstić information content (AvgIpc) is 3.72. The molecule has 0 spiro atoms. The number of aryl methyl sites for hydroxylation is 4. The van der Waals surface area contributed by atoms with Crippen molar-refractivity contribution in [3.05, 3.63) is 124 Å². The maximum absolute atomic E-state index is 14.0. The van der Waals surface area contributed by atoms with Crippen LogP contribution in [0.4, 0.5) is 5.13 Å². The van der Waals surface area contributed by atoms with Crippen molar-refractivity contribution in [3.63, 3.8) is 0 Å². The molecule has 0 saturated carbocycles. The number of methoxy groups -OCH3 is 1. The highest BCUT2D eigenvalue weighted by Crippen LogP contribution is 2.46. The quantitative estimate of drug-likeness (QED) is 0.110. The molecule has 1 saturated heterocycles. The van der Waals surface area contributed by atoms with E-state index in [1.165, 1.54) is 23.3 Å². The normalized spacial score (nSPS) is 16.0. The van der Waals surface area contributed by atoms with Gasteiger partial charge in [0, 0.05) is 6.20 Å². The molecule has 1 atom stereocenters. The van der Waals surface area contributed by atoms with Crippen LogP contribution in [0.3, 0.4) is 0 Å². The number of benzene rings is 3. The number of imidazole rings is 1. The summed E-state index contributed by atoms with van der Waals surface area (Å²) < 4.78 is 14.6. The summed E-state index contributed by atoms with van der Waals surface area (Å²) in [6.45, 7) is 8.05. The Morgan fingerprint density at radius 1 is 0.915 bits per heavy atom. The minimum Gasteiger partial charge on any atom is -0.505 e. The van der Waals surface area contributed by atoms with Crippen molar-refractivity contribution in [1.29, 1.82) is 0 Å². The summed E-state index contributed by atoms with van der Waals surface area (Å²) in [5, 5.41) is 12.3. The minimum absolute atomic E-state index is 0.0775. The van der Waals surface area contributed by atoms with Gasteiger partial charge in [-0.15, -0.1) is 0 Å². The molecule has 0 bridgehead atoms. The Morgan fingerprint density at radius 3 is 2.45 bits per heavy atom. The SMILES string of the molecule is COc1cc(C2C(=C(O)c3nc4c(C)cccn4c3C)C(=O)C(=O)N2c2nc3c(C)cc(C)cc3s2)ccc1OCc1ccccc1. The van der Waals surface area contributed by atoms with E-state index in [1.807, 2.05) is 92.9 Å². The van der Waals surface area contributed by atoms with Gasteiger partial charge in [-0.25, -0.2) is 9.97 Å². The van der Waals surface area contributed by atoms with Gasteiger partial charge in [0.2, 0.25) is 0 Å². The number of aliphatic hydroxyl groups excluding tert-OH is 1. The molecule has 1 aliphatic rings. The second-order valence-electron chi connectivity index (χ2n) is 11.7. The molecule has 47 heavy (non-hydrogen) atoms. The van der Waals surface area contributed by atoms with Crippen LogP contribution >= 0.6 is 11.3 Å². The Hall–Kier alpha value is -5.48. The van der Waals surface area contributed by atoms with Crippen molar-refractivity contribution < 1.29 is 24.2 Å². The van der Waals surface area contributed by atoms with Gasteiger partial charge in [0.25, 0.3) is 5.78 Å². The van der Waals surface area contributed by atoms with Crippen LogP contribution < -0.4 is 14.4 Å². The molecule has 1 amide bonds. The number of thiazole rings is 1. The maximum atomic E-state index is 14.0. The first-order valence-electron chi connectivity index (χ1n) is 15.1. The largest absolute Gasteiger partial charge is 0.505 e. The second kappa shape index (κ2) is 11.7. The lowest BCUT2D eigenvalue weighted by Crippen LogP contribution is -2.29. The molecule has 1 N–H and O–H groups in total. The summed E-state index contributed by atoms with van der Waals surface area (Å²) in [6, 6.07) is 21.9. The zero-order valence-corrected chi connectivity index (χ0v) is 27.4. The first-order valence-corrected chi connectivity index (χ1v) is 16.0. The van der Waals surface area contributed by atoms with Crippen molar-refractivity contribution in [3.8, 4) is 11.5 Å². The second-order valence-corrected chi connectivity index (χ2v) is 12.7. The Morgan fingerprint density at radius 2 is 1.70 bits per heavy atom. The third kappa shape index (κ3) is 5.11. The number of carbonyl (C=O) groups is 2. The van der Waals surface area contributed by atoms with E-state index in [2.05, 4.69) is 0 Å². The molecule has 6 aromatic rings. The number of anilines is 1. The van der Waals surface area contributed by atoms with Crippen LogP contribution in [0.1, 0.15) is 45.2 Å².